The van der Waals surface area contributed by atoms with E-state index in [1.165, 1.54) is 13.2 Å². The molecule has 1 atom stereocenters. The van der Waals surface area contributed by atoms with Crippen molar-refractivity contribution < 1.29 is 17.9 Å². The second-order valence-corrected chi connectivity index (χ2v) is 7.05. The molecule has 118 valence electrons. The summed E-state index contributed by atoms with van der Waals surface area (Å²) < 4.78 is 31.8. The number of sulfonamides is 1. The van der Waals surface area contributed by atoms with Crippen molar-refractivity contribution in [3.05, 3.63) is 23.8 Å². The number of nitrogens with two attached hydrogens (primary N) is 1. The maximum atomic E-state index is 12.4. The van der Waals surface area contributed by atoms with Gasteiger partial charge in [-0.05, 0) is 37.0 Å². The van der Waals surface area contributed by atoms with Crippen LogP contribution in [0, 0.1) is 12.8 Å². The highest BCUT2D eigenvalue weighted by Gasteiger charge is 2.28. The van der Waals surface area contributed by atoms with Gasteiger partial charge in [-0.25, -0.2) is 8.42 Å². The number of nitrogen functional groups attached to an aromatic ring is 1. The summed E-state index contributed by atoms with van der Waals surface area (Å²) in [6.45, 7) is 5.60. The van der Waals surface area contributed by atoms with Crippen LogP contribution in [0.3, 0.4) is 0 Å². The molecule has 3 N–H and O–H groups in total. The van der Waals surface area contributed by atoms with Crippen LogP contribution in [-0.2, 0) is 19.6 Å². The Morgan fingerprint density at radius 3 is 2.48 bits per heavy atom. The summed E-state index contributed by atoms with van der Waals surface area (Å²) in [5.74, 6) is -0.481. The molecule has 0 radical (unpaired) electrons. The first-order chi connectivity index (χ1) is 9.67. The van der Waals surface area contributed by atoms with Gasteiger partial charge in [0.25, 0.3) is 0 Å². The van der Waals surface area contributed by atoms with Crippen LogP contribution in [0.5, 0.6) is 0 Å². The zero-order valence-corrected chi connectivity index (χ0v) is 13.5. The van der Waals surface area contributed by atoms with Gasteiger partial charge in [0, 0.05) is 0 Å². The highest BCUT2D eigenvalue weighted by atomic mass is 32.2. The number of carbonyl (C=O) groups is 1. The molecule has 0 aliphatic rings. The van der Waals surface area contributed by atoms with Crippen LogP contribution in [0.1, 0.15) is 25.8 Å². The van der Waals surface area contributed by atoms with Gasteiger partial charge in [0.05, 0.1) is 12.8 Å². The van der Waals surface area contributed by atoms with Gasteiger partial charge in [0.1, 0.15) is 10.9 Å². The summed E-state index contributed by atoms with van der Waals surface area (Å²) in [4.78, 5) is 11.7. The van der Waals surface area contributed by atoms with E-state index in [2.05, 4.69) is 9.46 Å². The van der Waals surface area contributed by atoms with Gasteiger partial charge in [0.15, 0.2) is 0 Å². The van der Waals surface area contributed by atoms with Crippen molar-refractivity contribution in [2.75, 3.05) is 12.8 Å². The van der Waals surface area contributed by atoms with Gasteiger partial charge in [-0.1, -0.05) is 19.9 Å². The van der Waals surface area contributed by atoms with Crippen molar-refractivity contribution in [2.45, 2.75) is 38.1 Å². The second-order valence-electron chi connectivity index (χ2n) is 5.37. The molecule has 1 rings (SSSR count). The highest BCUT2D eigenvalue weighted by Crippen LogP contribution is 2.20. The van der Waals surface area contributed by atoms with Gasteiger partial charge in [0.2, 0.25) is 10.0 Å². The number of aryl methyl sites for hydroxylation is 1. The van der Waals surface area contributed by atoms with Gasteiger partial charge in [-0.2, -0.15) is 4.72 Å². The van der Waals surface area contributed by atoms with Crippen molar-refractivity contribution in [1.29, 1.82) is 0 Å². The average Bonchev–Trinajstić information content (AvgIpc) is 2.35. The fourth-order valence-corrected chi connectivity index (χ4v) is 3.28. The lowest BCUT2D eigenvalue weighted by Crippen LogP contribution is -2.42. The van der Waals surface area contributed by atoms with Crippen LogP contribution < -0.4 is 10.5 Å². The third-order valence-electron chi connectivity index (χ3n) is 2.95. The molecular formula is C14H22N2O4S. The van der Waals surface area contributed by atoms with E-state index in [1.807, 2.05) is 20.8 Å². The molecule has 21 heavy (non-hydrogen) atoms. The molecule has 6 nitrogen and oxygen atoms in total. The molecule has 1 unspecified atom stereocenters. The Kier molecular flexibility index (Phi) is 5.74. The van der Waals surface area contributed by atoms with E-state index in [-0.39, 0.29) is 16.5 Å². The molecule has 0 aromatic heterocycles. The summed E-state index contributed by atoms with van der Waals surface area (Å²) in [5.41, 5.74) is 6.77. The van der Waals surface area contributed by atoms with Crippen molar-refractivity contribution in [1.82, 2.24) is 4.72 Å². The first-order valence-electron chi connectivity index (χ1n) is 6.63. The monoisotopic (exact) mass is 314 g/mol. The average molecular weight is 314 g/mol. The fraction of sp³-hybridized carbons (Fsp3) is 0.500. The molecule has 0 aliphatic heterocycles. The van der Waals surface area contributed by atoms with Crippen LogP contribution in [0.2, 0.25) is 0 Å². The minimum atomic E-state index is -3.88. The zero-order chi connectivity index (χ0) is 16.2. The highest BCUT2D eigenvalue weighted by molar-refractivity contribution is 7.89. The molecule has 1 aromatic carbocycles. The molecule has 0 heterocycles. The molecule has 0 saturated carbocycles. The predicted molar refractivity (Wildman–Crippen MR) is 81.2 cm³/mol. The Balaban J connectivity index is 3.08. The third-order valence-corrected chi connectivity index (χ3v) is 4.49. The van der Waals surface area contributed by atoms with Crippen LogP contribution in [-0.4, -0.2) is 27.5 Å². The Morgan fingerprint density at radius 2 is 2.00 bits per heavy atom. The fourth-order valence-electron chi connectivity index (χ4n) is 1.97. The Bertz CT molecular complexity index is 611. The Labute approximate surface area is 125 Å². The number of hydrogen-bond acceptors (Lipinski definition) is 5. The Morgan fingerprint density at radius 1 is 1.38 bits per heavy atom. The number of esters is 1. The predicted octanol–water partition coefficient (Wildman–Crippen LogP) is 1.44. The zero-order valence-electron chi connectivity index (χ0n) is 12.7. The minimum Gasteiger partial charge on any atom is -0.468 e. The van der Waals surface area contributed by atoms with E-state index in [0.29, 0.717) is 6.42 Å². The largest absolute Gasteiger partial charge is 0.468 e. The molecule has 7 heteroatoms. The lowest BCUT2D eigenvalue weighted by molar-refractivity contribution is -0.143. The molecule has 0 amide bonds. The van der Waals surface area contributed by atoms with E-state index in [4.69, 9.17) is 5.73 Å². The molecule has 0 aliphatic carbocycles. The summed E-state index contributed by atoms with van der Waals surface area (Å²) in [6, 6.07) is 3.72. The quantitative estimate of drug-likeness (QED) is 0.611. The summed E-state index contributed by atoms with van der Waals surface area (Å²) in [5, 5.41) is 0. The molecule has 0 saturated heterocycles. The van der Waals surface area contributed by atoms with Crippen LogP contribution in [0.25, 0.3) is 0 Å². The van der Waals surface area contributed by atoms with E-state index in [1.54, 1.807) is 12.1 Å². The first-order valence-corrected chi connectivity index (χ1v) is 8.12. The standard InChI is InChI=1S/C14H22N2O4S/c1-9(2)7-12(14(17)20-4)16-21(18,19)13-6-5-10(3)8-11(13)15/h5-6,8-9,12,16H,7,15H2,1-4H3. The van der Waals surface area contributed by atoms with Gasteiger partial charge in [-0.3, -0.25) is 4.79 Å². The van der Waals surface area contributed by atoms with Gasteiger partial charge >= 0.3 is 5.97 Å². The number of benzene rings is 1. The molecular weight excluding hydrogens is 292 g/mol. The van der Waals surface area contributed by atoms with Crippen molar-refractivity contribution in [3.8, 4) is 0 Å². The normalized spacial score (nSPS) is 13.2. The van der Waals surface area contributed by atoms with Crippen molar-refractivity contribution >= 4 is 21.7 Å². The number of anilines is 1. The lowest BCUT2D eigenvalue weighted by Gasteiger charge is -2.19. The lowest BCUT2D eigenvalue weighted by atomic mass is 10.1. The smallest absolute Gasteiger partial charge is 0.323 e. The maximum absolute atomic E-state index is 12.4. The molecule has 0 bridgehead atoms. The van der Waals surface area contributed by atoms with Gasteiger partial charge in [-0.15, -0.1) is 0 Å². The SMILES string of the molecule is COC(=O)C(CC(C)C)NS(=O)(=O)c1ccc(C)cc1N. The van der Waals surface area contributed by atoms with Crippen LogP contribution >= 0.6 is 0 Å². The number of methoxy groups -OCH3 is 1. The van der Waals surface area contributed by atoms with Crippen molar-refractivity contribution in [3.63, 3.8) is 0 Å². The molecule has 0 spiro atoms. The summed E-state index contributed by atoms with van der Waals surface area (Å²) in [7, 11) is -2.66. The summed E-state index contributed by atoms with van der Waals surface area (Å²) in [6.07, 6.45) is 0.345. The number of rotatable bonds is 6. The number of hydrogen-bond donors (Lipinski definition) is 2. The second kappa shape index (κ2) is 6.91. The molecule has 0 fully saturated rings. The number of nitrogens with one attached hydrogen (secondary N) is 1. The minimum absolute atomic E-state index is 0.0363. The van der Waals surface area contributed by atoms with Crippen LogP contribution in [0.4, 0.5) is 5.69 Å². The number of carbonyl (C=O) groups excluding carboxylic acids is 1. The third kappa shape index (κ3) is 4.71. The summed E-state index contributed by atoms with van der Waals surface area (Å²) >= 11 is 0. The van der Waals surface area contributed by atoms with E-state index in [0.717, 1.165) is 5.56 Å². The van der Waals surface area contributed by atoms with E-state index >= 15 is 0 Å². The number of ether oxygens (including phenoxy) is 1. The van der Waals surface area contributed by atoms with Crippen LogP contribution in [0.15, 0.2) is 23.1 Å². The van der Waals surface area contributed by atoms with E-state index in [9.17, 15) is 13.2 Å². The van der Waals surface area contributed by atoms with Crippen molar-refractivity contribution in [2.24, 2.45) is 5.92 Å². The first kappa shape index (κ1) is 17.5. The maximum Gasteiger partial charge on any atom is 0.323 e. The van der Waals surface area contributed by atoms with E-state index < -0.39 is 22.0 Å². The molecule has 1 aromatic rings. The Hall–Kier alpha value is -1.60. The topological polar surface area (TPSA) is 98.5 Å². The van der Waals surface area contributed by atoms with Gasteiger partial charge < -0.3 is 10.5 Å².